The maximum Gasteiger partial charge on any atom is 0.271 e. The molecule has 10 heteroatoms. The van der Waals surface area contributed by atoms with E-state index in [-0.39, 0.29) is 41.9 Å². The van der Waals surface area contributed by atoms with Crippen LogP contribution in [0.5, 0.6) is 5.75 Å². The van der Waals surface area contributed by atoms with Gasteiger partial charge in [-0.25, -0.2) is 4.98 Å². The van der Waals surface area contributed by atoms with Crippen molar-refractivity contribution in [3.63, 3.8) is 0 Å². The van der Waals surface area contributed by atoms with Gasteiger partial charge in [0, 0.05) is 56.5 Å². The van der Waals surface area contributed by atoms with Gasteiger partial charge in [-0.2, -0.15) is 0 Å². The Kier molecular flexibility index (Phi) is 9.03. The van der Waals surface area contributed by atoms with E-state index in [0.717, 1.165) is 41.1 Å². The Morgan fingerprint density at radius 1 is 1.05 bits per heavy atom. The van der Waals surface area contributed by atoms with Crippen LogP contribution in [0.2, 0.25) is 0 Å². The SMILES string of the molecule is COc1ccc(CC(=O)N2CCCN(C(C)C)CCN(C(=O)c3cnc4sccn4c3=O)Cc3cccc(C)c32)cc1. The fourth-order valence-corrected chi connectivity index (χ4v) is 6.19. The number of rotatable bonds is 5. The molecule has 2 amide bonds. The van der Waals surface area contributed by atoms with Gasteiger partial charge in [0.15, 0.2) is 4.96 Å². The Labute approximate surface area is 250 Å². The zero-order valence-corrected chi connectivity index (χ0v) is 25.4. The van der Waals surface area contributed by atoms with Crippen molar-refractivity contribution in [1.82, 2.24) is 19.2 Å². The Hall–Kier alpha value is -4.02. The number of carbonyl (C=O) groups excluding carboxylic acids is 2. The first-order valence-corrected chi connectivity index (χ1v) is 15.1. The highest BCUT2D eigenvalue weighted by molar-refractivity contribution is 7.15. The highest BCUT2D eigenvalue weighted by Crippen LogP contribution is 2.29. The van der Waals surface area contributed by atoms with Crippen LogP contribution in [0.1, 0.15) is 47.3 Å². The second kappa shape index (κ2) is 12.9. The molecule has 9 nitrogen and oxygen atoms in total. The molecule has 42 heavy (non-hydrogen) atoms. The zero-order valence-electron chi connectivity index (χ0n) is 24.6. The monoisotopic (exact) mass is 587 g/mol. The van der Waals surface area contributed by atoms with Crippen molar-refractivity contribution in [2.75, 3.05) is 38.2 Å². The van der Waals surface area contributed by atoms with Gasteiger partial charge in [-0.3, -0.25) is 23.7 Å². The van der Waals surface area contributed by atoms with Gasteiger partial charge in [0.1, 0.15) is 11.3 Å². The van der Waals surface area contributed by atoms with Gasteiger partial charge in [-0.05, 0) is 56.0 Å². The van der Waals surface area contributed by atoms with E-state index in [2.05, 4.69) is 23.7 Å². The van der Waals surface area contributed by atoms with Crippen LogP contribution in [0.4, 0.5) is 5.69 Å². The average Bonchev–Trinajstić information content (AvgIpc) is 3.45. The molecule has 0 unspecified atom stereocenters. The number of fused-ring (bicyclic) bond motifs is 2. The number of methoxy groups -OCH3 is 1. The van der Waals surface area contributed by atoms with Crippen molar-refractivity contribution >= 4 is 33.8 Å². The summed E-state index contributed by atoms with van der Waals surface area (Å²) in [5.41, 5.74) is 3.23. The van der Waals surface area contributed by atoms with Crippen molar-refractivity contribution in [1.29, 1.82) is 0 Å². The first kappa shape index (κ1) is 29.5. The summed E-state index contributed by atoms with van der Waals surface area (Å²) in [6.45, 7) is 8.97. The molecule has 2 aromatic carbocycles. The molecule has 0 aliphatic carbocycles. The van der Waals surface area contributed by atoms with Crippen LogP contribution < -0.4 is 15.2 Å². The van der Waals surface area contributed by atoms with E-state index < -0.39 is 0 Å². The number of benzene rings is 2. The van der Waals surface area contributed by atoms with Gasteiger partial charge in [-0.1, -0.05) is 30.3 Å². The van der Waals surface area contributed by atoms with E-state index in [1.54, 1.807) is 23.6 Å². The van der Waals surface area contributed by atoms with Crippen LogP contribution in [-0.2, 0) is 17.8 Å². The molecule has 0 fully saturated rings. The van der Waals surface area contributed by atoms with Crippen molar-refractivity contribution in [2.24, 2.45) is 0 Å². The molecule has 0 spiro atoms. The lowest BCUT2D eigenvalue weighted by molar-refractivity contribution is -0.118. The van der Waals surface area contributed by atoms with E-state index in [1.165, 1.54) is 21.9 Å². The van der Waals surface area contributed by atoms with Gasteiger partial charge < -0.3 is 14.5 Å². The number of para-hydroxylation sites is 1. The largest absolute Gasteiger partial charge is 0.497 e. The number of amides is 2. The minimum atomic E-state index is -0.373. The van der Waals surface area contributed by atoms with Crippen LogP contribution in [0, 0.1) is 6.92 Å². The van der Waals surface area contributed by atoms with E-state index in [9.17, 15) is 14.4 Å². The van der Waals surface area contributed by atoms with Gasteiger partial charge in [0.05, 0.1) is 19.2 Å². The molecule has 0 saturated heterocycles. The molecule has 220 valence electrons. The minimum absolute atomic E-state index is 0.00529. The molecule has 4 aromatic rings. The predicted molar refractivity (Wildman–Crippen MR) is 166 cm³/mol. The van der Waals surface area contributed by atoms with E-state index in [1.807, 2.05) is 54.3 Å². The van der Waals surface area contributed by atoms with Crippen molar-refractivity contribution in [3.05, 3.63) is 92.8 Å². The van der Waals surface area contributed by atoms with Crippen LogP contribution in [0.25, 0.3) is 4.96 Å². The summed E-state index contributed by atoms with van der Waals surface area (Å²) in [6.07, 6.45) is 4.07. The summed E-state index contributed by atoms with van der Waals surface area (Å²) < 4.78 is 6.70. The molecule has 1 aliphatic rings. The molecule has 0 bridgehead atoms. The number of carbonyl (C=O) groups is 2. The first-order chi connectivity index (χ1) is 20.3. The fourth-order valence-electron chi connectivity index (χ4n) is 5.52. The Balaban J connectivity index is 1.53. The molecular weight excluding hydrogens is 550 g/mol. The second-order valence-corrected chi connectivity index (χ2v) is 11.8. The maximum absolute atomic E-state index is 14.0. The fraction of sp³-hybridized carbons (Fsp3) is 0.375. The Morgan fingerprint density at radius 2 is 1.83 bits per heavy atom. The number of ether oxygens (including phenoxy) is 1. The number of aromatic nitrogens is 2. The topological polar surface area (TPSA) is 87.5 Å². The molecule has 0 radical (unpaired) electrons. The lowest BCUT2D eigenvalue weighted by Gasteiger charge is -2.30. The van der Waals surface area contributed by atoms with Crippen LogP contribution >= 0.6 is 11.3 Å². The van der Waals surface area contributed by atoms with Crippen molar-refractivity contribution in [2.45, 2.75) is 46.2 Å². The number of aryl methyl sites for hydroxylation is 1. The zero-order chi connectivity index (χ0) is 29.8. The van der Waals surface area contributed by atoms with Crippen LogP contribution in [0.3, 0.4) is 0 Å². The Bertz CT molecular complexity index is 1630. The standard InChI is InChI=1S/C32H37N5O4S/c1-22(2)34-13-6-14-36(28(38)19-24-9-11-26(41-4)12-10-24)29-23(3)7-5-8-25(29)21-35(16-15-34)30(39)27-20-33-32-37(31(27)40)17-18-42-32/h5,7-12,17-18,20,22H,6,13-16,19,21H2,1-4H3. The number of hydrogen-bond acceptors (Lipinski definition) is 7. The molecule has 0 N–H and O–H groups in total. The minimum Gasteiger partial charge on any atom is -0.497 e. The first-order valence-electron chi connectivity index (χ1n) is 14.3. The van der Waals surface area contributed by atoms with Crippen molar-refractivity contribution in [3.8, 4) is 5.75 Å². The average molecular weight is 588 g/mol. The maximum atomic E-state index is 14.0. The third-order valence-electron chi connectivity index (χ3n) is 7.84. The predicted octanol–water partition coefficient (Wildman–Crippen LogP) is 4.41. The van der Waals surface area contributed by atoms with Crippen LogP contribution in [-0.4, -0.2) is 70.3 Å². The summed E-state index contributed by atoms with van der Waals surface area (Å²) in [6, 6.07) is 13.7. The summed E-state index contributed by atoms with van der Waals surface area (Å²) in [5.74, 6) is 0.378. The quantitative estimate of drug-likeness (QED) is 0.344. The molecule has 5 rings (SSSR count). The number of nitrogens with zero attached hydrogens (tertiary/aromatic N) is 5. The second-order valence-electron chi connectivity index (χ2n) is 10.9. The Morgan fingerprint density at radius 3 is 2.57 bits per heavy atom. The van der Waals surface area contributed by atoms with Crippen molar-refractivity contribution < 1.29 is 14.3 Å². The summed E-state index contributed by atoms with van der Waals surface area (Å²) in [7, 11) is 1.62. The van der Waals surface area contributed by atoms with Gasteiger partial charge in [0.25, 0.3) is 11.5 Å². The third kappa shape index (κ3) is 6.24. The molecule has 0 saturated carbocycles. The summed E-state index contributed by atoms with van der Waals surface area (Å²) in [5, 5.41) is 1.78. The number of thiazole rings is 1. The highest BCUT2D eigenvalue weighted by atomic mass is 32.1. The van der Waals surface area contributed by atoms with E-state index in [4.69, 9.17) is 4.74 Å². The smallest absolute Gasteiger partial charge is 0.271 e. The van der Waals surface area contributed by atoms with Gasteiger partial charge in [0.2, 0.25) is 5.91 Å². The van der Waals surface area contributed by atoms with E-state index >= 15 is 0 Å². The van der Waals surface area contributed by atoms with Gasteiger partial charge in [-0.15, -0.1) is 11.3 Å². The lowest BCUT2D eigenvalue weighted by atomic mass is 10.0. The molecule has 3 heterocycles. The molecule has 2 aromatic heterocycles. The summed E-state index contributed by atoms with van der Waals surface area (Å²) in [4.78, 5) is 52.0. The number of anilines is 1. The lowest BCUT2D eigenvalue weighted by Crippen LogP contribution is -2.42. The third-order valence-corrected chi connectivity index (χ3v) is 8.61. The molecule has 0 atom stereocenters. The van der Waals surface area contributed by atoms with E-state index in [0.29, 0.717) is 24.6 Å². The van der Waals surface area contributed by atoms with Gasteiger partial charge >= 0.3 is 0 Å². The normalized spacial score (nSPS) is 15.0. The van der Waals surface area contributed by atoms with Crippen LogP contribution in [0.15, 0.2) is 65.0 Å². The summed E-state index contributed by atoms with van der Waals surface area (Å²) >= 11 is 1.35. The number of hydrogen-bond donors (Lipinski definition) is 0. The molecular formula is C32H37N5O4S. The molecule has 1 aliphatic heterocycles. The highest BCUT2D eigenvalue weighted by Gasteiger charge is 2.27.